The maximum atomic E-state index is 13.8. The molecule has 6 heterocycles. The number of cyclic esters (lactones) is 1. The van der Waals surface area contributed by atoms with Crippen molar-refractivity contribution in [2.45, 2.75) is 63.3 Å². The summed E-state index contributed by atoms with van der Waals surface area (Å²) in [5, 5.41) is 25.8. The lowest BCUT2D eigenvalue weighted by atomic mass is 9.43. The van der Waals surface area contributed by atoms with Crippen LogP contribution in [0.4, 0.5) is 11.8 Å². The quantitative estimate of drug-likeness (QED) is 0.167. The number of H-pyrrole nitrogens is 1. The predicted molar refractivity (Wildman–Crippen MR) is 187 cm³/mol. The topological polar surface area (TPSA) is 206 Å². The highest BCUT2D eigenvalue weighted by molar-refractivity contribution is 5.95. The van der Waals surface area contributed by atoms with Gasteiger partial charge in [-0.25, -0.2) is 14.8 Å². The van der Waals surface area contributed by atoms with E-state index in [0.717, 1.165) is 25.9 Å². The highest BCUT2D eigenvalue weighted by Gasteiger charge is 2.71. The molecule has 15 heteroatoms. The van der Waals surface area contributed by atoms with E-state index < -0.39 is 34.7 Å². The van der Waals surface area contributed by atoms with Crippen molar-refractivity contribution in [3.05, 3.63) is 58.0 Å². The molecule has 0 radical (unpaired) electrons. The fourth-order valence-corrected chi connectivity index (χ4v) is 9.82. The van der Waals surface area contributed by atoms with Gasteiger partial charge in [-0.2, -0.15) is 4.98 Å². The Bertz CT molecular complexity index is 1950. The summed E-state index contributed by atoms with van der Waals surface area (Å²) in [4.78, 5) is 44.5. The summed E-state index contributed by atoms with van der Waals surface area (Å²) in [6.07, 6.45) is 7.03. The number of fused-ring (bicyclic) bond motifs is 2. The molecule has 272 valence electrons. The number of ether oxygens (including phenoxy) is 3. The van der Waals surface area contributed by atoms with Gasteiger partial charge in [-0.3, -0.25) is 14.7 Å². The van der Waals surface area contributed by atoms with Crippen LogP contribution < -0.4 is 16.6 Å². The number of aliphatic hydroxyl groups excluding tert-OH is 2. The highest BCUT2D eigenvalue weighted by atomic mass is 16.6. The first-order valence-corrected chi connectivity index (χ1v) is 17.8. The molecule has 3 aromatic rings. The second-order valence-corrected chi connectivity index (χ2v) is 15.3. The van der Waals surface area contributed by atoms with Gasteiger partial charge in [-0.1, -0.05) is 19.9 Å². The zero-order chi connectivity index (χ0) is 35.7. The van der Waals surface area contributed by atoms with Gasteiger partial charge in [-0.05, 0) is 61.1 Å². The van der Waals surface area contributed by atoms with Crippen LogP contribution in [0.15, 0.2) is 46.6 Å². The number of pyridine rings is 1. The zero-order valence-corrected chi connectivity index (χ0v) is 29.2. The van der Waals surface area contributed by atoms with E-state index in [1.54, 1.807) is 30.0 Å². The van der Waals surface area contributed by atoms with Gasteiger partial charge < -0.3 is 40.0 Å². The molecule has 51 heavy (non-hydrogen) atoms. The minimum Gasteiger partial charge on any atom is -0.423 e. The Kier molecular flexibility index (Phi) is 8.33. The second-order valence-electron chi connectivity index (χ2n) is 15.3. The van der Waals surface area contributed by atoms with E-state index in [2.05, 4.69) is 37.1 Å². The number of nitrogen functional groups attached to an aromatic ring is 1. The van der Waals surface area contributed by atoms with Crippen molar-refractivity contribution < 1.29 is 29.2 Å². The number of aromatic nitrogens is 5. The van der Waals surface area contributed by atoms with Gasteiger partial charge in [0.2, 0.25) is 5.95 Å². The molecule has 0 aromatic carbocycles. The van der Waals surface area contributed by atoms with Crippen molar-refractivity contribution in [3.8, 4) is 0 Å². The summed E-state index contributed by atoms with van der Waals surface area (Å²) >= 11 is 0. The van der Waals surface area contributed by atoms with Crippen molar-refractivity contribution >= 4 is 35.0 Å². The maximum Gasteiger partial charge on any atom is 0.341 e. The van der Waals surface area contributed by atoms with Crippen LogP contribution in [-0.2, 0) is 26.1 Å². The molecule has 5 aliphatic rings. The van der Waals surface area contributed by atoms with Gasteiger partial charge in [0.15, 0.2) is 11.2 Å². The Hall–Kier alpha value is -4.15. The lowest BCUT2D eigenvalue weighted by Crippen LogP contribution is -2.68. The Balaban J connectivity index is 1.20. The molecule has 3 aromatic heterocycles. The third-order valence-corrected chi connectivity index (χ3v) is 12.7. The molecule has 15 nitrogen and oxygen atoms in total. The molecule has 0 bridgehead atoms. The number of nitrogens with zero attached hydrogens (tertiary/aromatic N) is 5. The van der Waals surface area contributed by atoms with Crippen molar-refractivity contribution in [2.24, 2.45) is 29.7 Å². The number of hydrogen-bond acceptors (Lipinski definition) is 13. The standard InChI is InChI=1S/C36H46N8O7/c1-34-8-7-26(46)35(2,18-45)23(34)17-25(44-10-12-49-13-11-44)36(19-50-36)24(34)16-22(39-27-6-4-5-9-38-27)21-14-20(51-32(21)48)15-28-40-29-30(43(28)3)41-33(37)42-31(29)47/h4-6,9,14-15,22-26,45-46H,7-8,10-13,16-19H2,1-3H3,(H,38,39)(H3,37,41,42,47)/b20-15+/t22?,23?,24?,25?,26-,34+,35+,36?/m1/s1. The number of allylic oxidation sites excluding steroid dienone is 1. The number of imidazole rings is 1. The number of aromatic amines is 1. The third-order valence-electron chi connectivity index (χ3n) is 12.7. The molecule has 2 saturated heterocycles. The van der Waals surface area contributed by atoms with Gasteiger partial charge in [0.05, 0.1) is 44.1 Å². The summed E-state index contributed by atoms with van der Waals surface area (Å²) in [6, 6.07) is 5.12. The Morgan fingerprint density at radius 1 is 1.22 bits per heavy atom. The summed E-state index contributed by atoms with van der Waals surface area (Å²) in [5.74, 6) is 0.668. The van der Waals surface area contributed by atoms with Gasteiger partial charge in [0.1, 0.15) is 23.0 Å². The van der Waals surface area contributed by atoms with E-state index in [1.807, 2.05) is 25.1 Å². The SMILES string of the molecule is Cn1c(/C=C2\C=C(C(CC3C4(CO4)C(N4CCOCC4)CC4[C@]3(C)CC[C@@H](O)[C@@]4(C)CO)Nc3ccccn3)C(=O)O2)nc2c(=O)[nH]c(N)nc21. The Labute approximate surface area is 294 Å². The van der Waals surface area contributed by atoms with Crippen molar-refractivity contribution in [1.82, 2.24) is 29.4 Å². The van der Waals surface area contributed by atoms with E-state index in [0.29, 0.717) is 55.5 Å². The van der Waals surface area contributed by atoms with Gasteiger partial charge in [-0.15, -0.1) is 0 Å². The van der Waals surface area contributed by atoms with Crippen LogP contribution in [0.5, 0.6) is 0 Å². The minimum atomic E-state index is -0.704. The third kappa shape index (κ3) is 5.57. The number of carbonyl (C=O) groups is 1. The molecule has 2 aliphatic carbocycles. The molecular weight excluding hydrogens is 656 g/mol. The molecule has 8 rings (SSSR count). The smallest absolute Gasteiger partial charge is 0.341 e. The summed E-state index contributed by atoms with van der Waals surface area (Å²) in [6.45, 7) is 7.62. The molecule has 0 amide bonds. The molecular formula is C36H46N8O7. The van der Waals surface area contributed by atoms with Gasteiger partial charge >= 0.3 is 5.97 Å². The highest BCUT2D eigenvalue weighted by Crippen LogP contribution is 2.67. The number of nitrogens with two attached hydrogens (primary N) is 1. The zero-order valence-electron chi connectivity index (χ0n) is 29.2. The van der Waals surface area contributed by atoms with E-state index in [1.165, 1.54) is 0 Å². The first-order chi connectivity index (χ1) is 24.5. The van der Waals surface area contributed by atoms with E-state index in [-0.39, 0.29) is 47.1 Å². The van der Waals surface area contributed by atoms with Crippen LogP contribution in [0.25, 0.3) is 17.2 Å². The van der Waals surface area contributed by atoms with Crippen molar-refractivity contribution in [2.75, 3.05) is 50.6 Å². The number of anilines is 2. The number of aliphatic hydroxyl groups is 2. The van der Waals surface area contributed by atoms with Crippen LogP contribution >= 0.6 is 0 Å². The Morgan fingerprint density at radius 3 is 2.71 bits per heavy atom. The molecule has 1 spiro atoms. The van der Waals surface area contributed by atoms with Crippen LogP contribution in [0.1, 0.15) is 45.4 Å². The predicted octanol–water partition coefficient (Wildman–Crippen LogP) is 1.59. The number of nitrogens with one attached hydrogen (secondary N) is 2. The van der Waals surface area contributed by atoms with Gasteiger partial charge in [0.25, 0.3) is 5.56 Å². The lowest BCUT2D eigenvalue weighted by molar-refractivity contribution is -0.197. The summed E-state index contributed by atoms with van der Waals surface area (Å²) in [7, 11) is 1.71. The number of hydrogen-bond donors (Lipinski definition) is 5. The number of epoxide rings is 1. The number of carbonyl (C=O) groups excluding carboxylic acids is 1. The first kappa shape index (κ1) is 34.0. The second kappa shape index (κ2) is 12.5. The van der Waals surface area contributed by atoms with E-state index >= 15 is 0 Å². The average Bonchev–Trinajstić information content (AvgIpc) is 3.73. The fraction of sp³-hybridized carbons (Fsp3) is 0.583. The summed E-state index contributed by atoms with van der Waals surface area (Å²) < 4.78 is 19.8. The monoisotopic (exact) mass is 702 g/mol. The number of esters is 1. The van der Waals surface area contributed by atoms with E-state index in [4.69, 9.17) is 19.9 Å². The normalized spacial score (nSPS) is 35.1. The average molecular weight is 703 g/mol. The molecule has 3 aliphatic heterocycles. The van der Waals surface area contributed by atoms with Gasteiger partial charge in [0, 0.05) is 43.9 Å². The molecule has 4 fully saturated rings. The Morgan fingerprint density at radius 2 is 2.00 bits per heavy atom. The van der Waals surface area contributed by atoms with Crippen LogP contribution in [0.3, 0.4) is 0 Å². The van der Waals surface area contributed by atoms with E-state index in [9.17, 15) is 19.8 Å². The number of rotatable bonds is 8. The molecule has 2 saturated carbocycles. The van der Waals surface area contributed by atoms with Crippen LogP contribution in [0.2, 0.25) is 0 Å². The largest absolute Gasteiger partial charge is 0.423 e. The molecule has 8 atom stereocenters. The maximum absolute atomic E-state index is 13.8. The van der Waals surface area contributed by atoms with Crippen molar-refractivity contribution in [3.63, 3.8) is 0 Å². The number of morpholine rings is 1. The van der Waals surface area contributed by atoms with Crippen LogP contribution in [0, 0.1) is 22.7 Å². The summed E-state index contributed by atoms with van der Waals surface area (Å²) in [5.41, 5.74) is 4.67. The first-order valence-electron chi connectivity index (χ1n) is 17.8. The van der Waals surface area contributed by atoms with Crippen molar-refractivity contribution in [1.29, 1.82) is 0 Å². The fourth-order valence-electron chi connectivity index (χ4n) is 9.82. The number of aryl methyl sites for hydroxylation is 1. The molecule has 5 unspecified atom stereocenters. The van der Waals surface area contributed by atoms with Crippen LogP contribution in [-0.4, -0.2) is 109 Å². The minimum absolute atomic E-state index is 0.00905. The lowest BCUT2D eigenvalue weighted by Gasteiger charge is -2.64. The molecule has 6 N–H and O–H groups in total.